The largest absolute Gasteiger partial charge is 0.476 e. The van der Waals surface area contributed by atoms with Crippen molar-refractivity contribution in [3.05, 3.63) is 34.6 Å². The Morgan fingerprint density at radius 2 is 2.05 bits per heavy atom. The van der Waals surface area contributed by atoms with Crippen LogP contribution in [0.3, 0.4) is 0 Å². The third-order valence-corrected chi connectivity index (χ3v) is 2.92. The van der Waals surface area contributed by atoms with Crippen molar-refractivity contribution in [2.75, 3.05) is 6.61 Å². The number of aromatic nitrogens is 2. The number of aliphatic hydroxyl groups is 1. The van der Waals surface area contributed by atoms with Gasteiger partial charge in [-0.05, 0) is 38.3 Å². The van der Waals surface area contributed by atoms with Gasteiger partial charge in [-0.1, -0.05) is 12.1 Å². The Bertz CT molecular complexity index is 593. The molecule has 0 amide bonds. The van der Waals surface area contributed by atoms with E-state index < -0.39 is 0 Å². The standard InChI is InChI=1S/C14H18N2O3/c1-10(17)6-4-5-9-19-14-12-8-3-2-7-11(12)13(18)15-16-14/h2-3,7-8,10,17H,4-6,9H2,1H3,(H,15,18)/t10-/m1/s1. The molecule has 5 nitrogen and oxygen atoms in total. The van der Waals surface area contributed by atoms with Crippen molar-refractivity contribution in [3.63, 3.8) is 0 Å². The molecule has 19 heavy (non-hydrogen) atoms. The number of aromatic amines is 1. The van der Waals surface area contributed by atoms with E-state index in [9.17, 15) is 4.79 Å². The number of fused-ring (bicyclic) bond motifs is 1. The van der Waals surface area contributed by atoms with E-state index in [1.807, 2.05) is 18.2 Å². The number of unbranched alkanes of at least 4 members (excludes halogenated alkanes) is 1. The summed E-state index contributed by atoms with van der Waals surface area (Å²) in [5, 5.41) is 16.8. The third kappa shape index (κ3) is 3.54. The van der Waals surface area contributed by atoms with Crippen molar-refractivity contribution in [2.24, 2.45) is 0 Å². The van der Waals surface area contributed by atoms with Gasteiger partial charge in [0.2, 0.25) is 5.88 Å². The minimum absolute atomic E-state index is 0.211. The van der Waals surface area contributed by atoms with Crippen LogP contribution in [0.1, 0.15) is 26.2 Å². The van der Waals surface area contributed by atoms with Crippen molar-refractivity contribution >= 4 is 10.8 Å². The highest BCUT2D eigenvalue weighted by atomic mass is 16.5. The Labute approximate surface area is 111 Å². The van der Waals surface area contributed by atoms with E-state index >= 15 is 0 Å². The number of ether oxygens (including phenoxy) is 1. The fraction of sp³-hybridized carbons (Fsp3) is 0.429. The van der Waals surface area contributed by atoms with E-state index in [1.54, 1.807) is 13.0 Å². The Balaban J connectivity index is 2.01. The number of hydrogen-bond donors (Lipinski definition) is 2. The first kappa shape index (κ1) is 13.5. The highest BCUT2D eigenvalue weighted by Gasteiger charge is 2.06. The van der Waals surface area contributed by atoms with E-state index in [4.69, 9.17) is 9.84 Å². The summed E-state index contributed by atoms with van der Waals surface area (Å²) in [6.07, 6.45) is 2.24. The smallest absolute Gasteiger partial charge is 0.272 e. The molecular weight excluding hydrogens is 244 g/mol. The van der Waals surface area contributed by atoms with E-state index in [0.717, 1.165) is 24.6 Å². The van der Waals surface area contributed by atoms with Crippen molar-refractivity contribution in [2.45, 2.75) is 32.3 Å². The van der Waals surface area contributed by atoms with Crippen LogP contribution in [0.4, 0.5) is 0 Å². The molecule has 1 aromatic carbocycles. The topological polar surface area (TPSA) is 75.2 Å². The molecule has 0 bridgehead atoms. The Hall–Kier alpha value is -1.88. The second kappa shape index (κ2) is 6.33. The van der Waals surface area contributed by atoms with Gasteiger partial charge in [-0.2, -0.15) is 0 Å². The van der Waals surface area contributed by atoms with Crippen molar-refractivity contribution in [1.82, 2.24) is 10.2 Å². The Morgan fingerprint density at radius 1 is 1.32 bits per heavy atom. The molecule has 102 valence electrons. The minimum Gasteiger partial charge on any atom is -0.476 e. The number of nitrogens with zero attached hydrogens (tertiary/aromatic N) is 1. The first-order chi connectivity index (χ1) is 9.18. The lowest BCUT2D eigenvalue weighted by Gasteiger charge is -2.08. The molecule has 0 fully saturated rings. The van der Waals surface area contributed by atoms with Crippen molar-refractivity contribution < 1.29 is 9.84 Å². The van der Waals surface area contributed by atoms with Gasteiger partial charge in [0.05, 0.1) is 23.5 Å². The number of aliphatic hydroxyl groups excluding tert-OH is 1. The zero-order valence-electron chi connectivity index (χ0n) is 10.9. The fourth-order valence-electron chi connectivity index (χ4n) is 1.91. The van der Waals surface area contributed by atoms with Crippen LogP contribution in [0.2, 0.25) is 0 Å². The van der Waals surface area contributed by atoms with Gasteiger partial charge in [0.15, 0.2) is 0 Å². The number of hydrogen-bond acceptors (Lipinski definition) is 4. The maximum Gasteiger partial charge on any atom is 0.272 e. The second-order valence-corrected chi connectivity index (χ2v) is 4.60. The highest BCUT2D eigenvalue weighted by Crippen LogP contribution is 2.19. The molecule has 0 aliphatic heterocycles. The van der Waals surface area contributed by atoms with Gasteiger partial charge in [-0.25, -0.2) is 5.10 Å². The monoisotopic (exact) mass is 262 g/mol. The molecule has 0 unspecified atom stereocenters. The van der Waals surface area contributed by atoms with Crippen molar-refractivity contribution in [3.8, 4) is 5.88 Å². The molecule has 0 spiro atoms. The molecule has 2 N–H and O–H groups in total. The molecule has 2 rings (SSSR count). The van der Waals surface area contributed by atoms with Crippen LogP contribution in [0.25, 0.3) is 10.8 Å². The van der Waals surface area contributed by atoms with Gasteiger partial charge in [0.25, 0.3) is 5.56 Å². The van der Waals surface area contributed by atoms with Gasteiger partial charge in [0, 0.05) is 0 Å². The van der Waals surface area contributed by atoms with Crippen LogP contribution in [0, 0.1) is 0 Å². The minimum atomic E-state index is -0.271. The predicted molar refractivity (Wildman–Crippen MR) is 73.4 cm³/mol. The highest BCUT2D eigenvalue weighted by molar-refractivity contribution is 5.85. The number of benzene rings is 1. The Morgan fingerprint density at radius 3 is 2.79 bits per heavy atom. The summed E-state index contributed by atoms with van der Waals surface area (Å²) in [4.78, 5) is 11.6. The third-order valence-electron chi connectivity index (χ3n) is 2.92. The molecule has 1 aromatic heterocycles. The molecule has 0 radical (unpaired) electrons. The van der Waals surface area contributed by atoms with E-state index in [-0.39, 0.29) is 11.7 Å². The quantitative estimate of drug-likeness (QED) is 0.779. The van der Waals surface area contributed by atoms with Crippen LogP contribution < -0.4 is 10.3 Å². The fourth-order valence-corrected chi connectivity index (χ4v) is 1.91. The maximum atomic E-state index is 11.6. The summed E-state index contributed by atoms with van der Waals surface area (Å²) in [5.41, 5.74) is -0.211. The predicted octanol–water partition coefficient (Wildman–Crippen LogP) is 1.85. The van der Waals surface area contributed by atoms with Crippen molar-refractivity contribution in [1.29, 1.82) is 0 Å². The van der Waals surface area contributed by atoms with Crippen LogP contribution in [0.15, 0.2) is 29.1 Å². The Kier molecular flexibility index (Phi) is 4.52. The maximum absolute atomic E-state index is 11.6. The average molecular weight is 262 g/mol. The first-order valence-electron chi connectivity index (χ1n) is 6.47. The molecule has 1 heterocycles. The van der Waals surface area contributed by atoms with Crippen LogP contribution in [0.5, 0.6) is 5.88 Å². The molecule has 5 heteroatoms. The molecule has 0 aliphatic carbocycles. The van der Waals surface area contributed by atoms with Crippen LogP contribution in [-0.2, 0) is 0 Å². The zero-order valence-corrected chi connectivity index (χ0v) is 10.9. The lowest BCUT2D eigenvalue weighted by atomic mass is 10.2. The number of nitrogens with one attached hydrogen (secondary N) is 1. The number of rotatable bonds is 6. The summed E-state index contributed by atoms with van der Waals surface area (Å²) in [7, 11) is 0. The molecule has 0 saturated heterocycles. The van der Waals surface area contributed by atoms with E-state index in [2.05, 4.69) is 10.2 Å². The molecular formula is C14H18N2O3. The van der Waals surface area contributed by atoms with Gasteiger partial charge < -0.3 is 9.84 Å². The van der Waals surface area contributed by atoms with Gasteiger partial charge in [0.1, 0.15) is 0 Å². The lowest BCUT2D eigenvalue weighted by Crippen LogP contribution is -2.11. The van der Waals surface area contributed by atoms with Crippen LogP contribution >= 0.6 is 0 Å². The summed E-state index contributed by atoms with van der Waals surface area (Å²) < 4.78 is 5.59. The first-order valence-corrected chi connectivity index (χ1v) is 6.47. The van der Waals surface area contributed by atoms with Gasteiger partial charge >= 0.3 is 0 Å². The molecule has 2 aromatic rings. The number of H-pyrrole nitrogens is 1. The summed E-state index contributed by atoms with van der Waals surface area (Å²) in [5.74, 6) is 0.451. The average Bonchev–Trinajstić information content (AvgIpc) is 2.41. The normalized spacial score (nSPS) is 12.5. The van der Waals surface area contributed by atoms with E-state index in [1.165, 1.54) is 0 Å². The SMILES string of the molecule is C[C@@H](O)CCCCOc1n[nH]c(=O)c2ccccc12. The van der Waals surface area contributed by atoms with E-state index in [0.29, 0.717) is 17.9 Å². The zero-order chi connectivity index (χ0) is 13.7. The van der Waals surface area contributed by atoms with Crippen LogP contribution in [-0.4, -0.2) is 28.0 Å². The molecule has 1 atom stereocenters. The molecule has 0 aliphatic rings. The van der Waals surface area contributed by atoms with Gasteiger partial charge in [-0.15, -0.1) is 5.10 Å². The molecule has 0 saturated carbocycles. The van der Waals surface area contributed by atoms with Gasteiger partial charge in [-0.3, -0.25) is 4.79 Å². The lowest BCUT2D eigenvalue weighted by molar-refractivity contribution is 0.176. The summed E-state index contributed by atoms with van der Waals surface area (Å²) in [6.45, 7) is 2.30. The summed E-state index contributed by atoms with van der Waals surface area (Å²) >= 11 is 0. The second-order valence-electron chi connectivity index (χ2n) is 4.60. The summed E-state index contributed by atoms with van der Waals surface area (Å²) in [6, 6.07) is 7.23.